The standard InChI is InChI=1S/C15H29BrO/c1-2-3-12-15(17)13-10-8-6-4-5-7-9-11-14-16/h2-14H2,1H3. The molecule has 0 atom stereocenters. The maximum Gasteiger partial charge on any atom is 0.132 e. The highest BCUT2D eigenvalue weighted by Gasteiger charge is 2.00. The summed E-state index contributed by atoms with van der Waals surface area (Å²) in [6, 6.07) is 0. The van der Waals surface area contributed by atoms with Crippen LogP contribution >= 0.6 is 15.9 Å². The Hall–Kier alpha value is 0.150. The van der Waals surface area contributed by atoms with E-state index in [0.717, 1.165) is 37.4 Å². The third-order valence-electron chi connectivity index (χ3n) is 3.15. The lowest BCUT2D eigenvalue weighted by atomic mass is 10.0. The van der Waals surface area contributed by atoms with Gasteiger partial charge in [-0.2, -0.15) is 0 Å². The van der Waals surface area contributed by atoms with Crippen LogP contribution in [0.4, 0.5) is 0 Å². The minimum absolute atomic E-state index is 0.476. The number of Topliss-reactive ketones (excluding diaryl/α,β-unsaturated/α-hetero) is 1. The summed E-state index contributed by atoms with van der Waals surface area (Å²) in [5, 5.41) is 1.15. The van der Waals surface area contributed by atoms with Crippen LogP contribution in [0.3, 0.4) is 0 Å². The van der Waals surface area contributed by atoms with Crippen LogP contribution < -0.4 is 0 Å². The molecule has 0 spiro atoms. The lowest BCUT2D eigenvalue weighted by Gasteiger charge is -2.02. The Morgan fingerprint density at radius 3 is 1.76 bits per heavy atom. The van der Waals surface area contributed by atoms with Crippen molar-refractivity contribution >= 4 is 21.7 Å². The quantitative estimate of drug-likeness (QED) is 0.317. The third kappa shape index (κ3) is 14.1. The molecule has 0 aliphatic rings. The fourth-order valence-corrected chi connectivity index (χ4v) is 2.37. The molecule has 0 aromatic rings. The summed E-state index contributed by atoms with van der Waals surface area (Å²) in [6.07, 6.45) is 14.3. The fourth-order valence-electron chi connectivity index (χ4n) is 1.98. The lowest BCUT2D eigenvalue weighted by molar-refractivity contribution is -0.119. The summed E-state index contributed by atoms with van der Waals surface area (Å²) in [6.45, 7) is 2.14. The van der Waals surface area contributed by atoms with E-state index in [0.29, 0.717) is 5.78 Å². The normalized spacial score (nSPS) is 10.7. The molecule has 0 aliphatic heterocycles. The number of rotatable bonds is 13. The Morgan fingerprint density at radius 2 is 1.24 bits per heavy atom. The predicted octanol–water partition coefficient (Wildman–Crippen LogP) is 5.65. The van der Waals surface area contributed by atoms with E-state index >= 15 is 0 Å². The number of hydrogen-bond acceptors (Lipinski definition) is 1. The second-order valence-corrected chi connectivity index (χ2v) is 5.70. The molecule has 0 aromatic carbocycles. The summed E-state index contributed by atoms with van der Waals surface area (Å²) in [4.78, 5) is 11.4. The van der Waals surface area contributed by atoms with Crippen molar-refractivity contribution in [3.05, 3.63) is 0 Å². The van der Waals surface area contributed by atoms with Crippen LogP contribution in [0.25, 0.3) is 0 Å². The molecular weight excluding hydrogens is 276 g/mol. The summed E-state index contributed by atoms with van der Waals surface area (Å²) >= 11 is 3.45. The molecule has 0 aliphatic carbocycles. The third-order valence-corrected chi connectivity index (χ3v) is 3.71. The van der Waals surface area contributed by atoms with Crippen molar-refractivity contribution in [3.63, 3.8) is 0 Å². The molecule has 2 heteroatoms. The minimum Gasteiger partial charge on any atom is -0.300 e. The number of alkyl halides is 1. The zero-order valence-corrected chi connectivity index (χ0v) is 13.1. The summed E-state index contributed by atoms with van der Waals surface area (Å²) in [5.74, 6) is 0.476. The Morgan fingerprint density at radius 1 is 0.765 bits per heavy atom. The van der Waals surface area contributed by atoms with Gasteiger partial charge in [-0.15, -0.1) is 0 Å². The van der Waals surface area contributed by atoms with Gasteiger partial charge in [-0.25, -0.2) is 0 Å². The van der Waals surface area contributed by atoms with Gasteiger partial charge in [0.2, 0.25) is 0 Å². The molecule has 0 saturated heterocycles. The van der Waals surface area contributed by atoms with E-state index in [1.54, 1.807) is 0 Å². The summed E-state index contributed by atoms with van der Waals surface area (Å²) < 4.78 is 0. The van der Waals surface area contributed by atoms with Crippen molar-refractivity contribution in [2.45, 2.75) is 84.0 Å². The van der Waals surface area contributed by atoms with Crippen LogP contribution in [0.2, 0.25) is 0 Å². The molecular formula is C15H29BrO. The second-order valence-electron chi connectivity index (χ2n) is 4.91. The molecule has 0 aromatic heterocycles. The van der Waals surface area contributed by atoms with Crippen molar-refractivity contribution in [2.24, 2.45) is 0 Å². The number of ketones is 1. The molecule has 0 fully saturated rings. The molecule has 0 bridgehead atoms. The molecule has 1 nitrogen and oxygen atoms in total. The lowest BCUT2D eigenvalue weighted by Crippen LogP contribution is -1.96. The van der Waals surface area contributed by atoms with Gasteiger partial charge in [0.05, 0.1) is 0 Å². The fraction of sp³-hybridized carbons (Fsp3) is 0.933. The van der Waals surface area contributed by atoms with E-state index < -0.39 is 0 Å². The first kappa shape index (κ1) is 17.2. The van der Waals surface area contributed by atoms with Gasteiger partial charge in [0.15, 0.2) is 0 Å². The average molecular weight is 305 g/mol. The molecule has 102 valence electrons. The maximum atomic E-state index is 11.4. The maximum absolute atomic E-state index is 11.4. The van der Waals surface area contributed by atoms with E-state index in [-0.39, 0.29) is 0 Å². The van der Waals surface area contributed by atoms with Crippen molar-refractivity contribution < 1.29 is 4.79 Å². The Balaban J connectivity index is 3.05. The molecule has 0 saturated carbocycles. The van der Waals surface area contributed by atoms with Gasteiger partial charge >= 0.3 is 0 Å². The first-order valence-corrected chi connectivity index (χ1v) is 8.51. The largest absolute Gasteiger partial charge is 0.300 e. The van der Waals surface area contributed by atoms with Crippen molar-refractivity contribution in [1.29, 1.82) is 0 Å². The van der Waals surface area contributed by atoms with Crippen molar-refractivity contribution in [3.8, 4) is 0 Å². The Bertz CT molecular complexity index is 168. The molecule has 0 unspecified atom stereocenters. The smallest absolute Gasteiger partial charge is 0.132 e. The zero-order chi connectivity index (χ0) is 12.8. The average Bonchev–Trinajstić information content (AvgIpc) is 2.34. The van der Waals surface area contributed by atoms with Crippen LogP contribution in [-0.4, -0.2) is 11.1 Å². The van der Waals surface area contributed by atoms with Gasteiger partial charge in [-0.05, 0) is 19.3 Å². The molecule has 0 amide bonds. The minimum atomic E-state index is 0.476. The SMILES string of the molecule is CCCCC(=O)CCCCCCCCCCBr. The van der Waals surface area contributed by atoms with Crippen LogP contribution in [0.15, 0.2) is 0 Å². The van der Waals surface area contributed by atoms with Gasteiger partial charge in [0, 0.05) is 18.2 Å². The molecule has 0 rings (SSSR count). The highest BCUT2D eigenvalue weighted by molar-refractivity contribution is 9.09. The highest BCUT2D eigenvalue weighted by atomic mass is 79.9. The molecule has 17 heavy (non-hydrogen) atoms. The first-order valence-electron chi connectivity index (χ1n) is 7.39. The molecule has 0 heterocycles. The van der Waals surface area contributed by atoms with Crippen LogP contribution in [0.1, 0.15) is 84.0 Å². The predicted molar refractivity (Wildman–Crippen MR) is 79.9 cm³/mol. The number of carbonyl (C=O) groups is 1. The van der Waals surface area contributed by atoms with Gasteiger partial charge in [0.1, 0.15) is 5.78 Å². The zero-order valence-electron chi connectivity index (χ0n) is 11.5. The van der Waals surface area contributed by atoms with Crippen molar-refractivity contribution in [2.75, 3.05) is 5.33 Å². The van der Waals surface area contributed by atoms with Crippen LogP contribution in [0.5, 0.6) is 0 Å². The number of halogens is 1. The Kier molecular flexibility index (Phi) is 14.3. The van der Waals surface area contributed by atoms with E-state index in [9.17, 15) is 4.79 Å². The number of unbranched alkanes of at least 4 members (excludes halogenated alkanes) is 8. The highest BCUT2D eigenvalue weighted by Crippen LogP contribution is 2.11. The summed E-state index contributed by atoms with van der Waals surface area (Å²) in [7, 11) is 0. The van der Waals surface area contributed by atoms with Gasteiger partial charge < -0.3 is 0 Å². The van der Waals surface area contributed by atoms with Gasteiger partial charge in [0.25, 0.3) is 0 Å². The van der Waals surface area contributed by atoms with Crippen molar-refractivity contribution in [1.82, 2.24) is 0 Å². The topological polar surface area (TPSA) is 17.1 Å². The van der Waals surface area contributed by atoms with Crippen LogP contribution in [-0.2, 0) is 4.79 Å². The monoisotopic (exact) mass is 304 g/mol. The summed E-state index contributed by atoms with van der Waals surface area (Å²) in [5.41, 5.74) is 0. The van der Waals surface area contributed by atoms with E-state index in [4.69, 9.17) is 0 Å². The first-order chi connectivity index (χ1) is 8.31. The van der Waals surface area contributed by atoms with Gasteiger partial charge in [-0.1, -0.05) is 67.8 Å². The molecule has 0 N–H and O–H groups in total. The Labute approximate surface area is 116 Å². The second kappa shape index (κ2) is 14.2. The van der Waals surface area contributed by atoms with E-state index in [1.807, 2.05) is 0 Å². The van der Waals surface area contributed by atoms with Gasteiger partial charge in [-0.3, -0.25) is 4.79 Å². The van der Waals surface area contributed by atoms with Crippen LogP contribution in [0, 0.1) is 0 Å². The van der Waals surface area contributed by atoms with E-state index in [2.05, 4.69) is 22.9 Å². The molecule has 0 radical (unpaired) electrons. The number of carbonyl (C=O) groups excluding carboxylic acids is 1. The van der Waals surface area contributed by atoms with E-state index in [1.165, 1.54) is 44.9 Å². The number of hydrogen-bond donors (Lipinski definition) is 0.